The molecule has 18 heavy (non-hydrogen) atoms. The summed E-state index contributed by atoms with van der Waals surface area (Å²) in [6, 6.07) is 4.89. The van der Waals surface area contributed by atoms with Gasteiger partial charge < -0.3 is 15.4 Å². The number of likely N-dealkylation sites (N-methyl/N-ethyl adjacent to an activating group) is 1. The molecule has 0 heterocycles. The summed E-state index contributed by atoms with van der Waals surface area (Å²) in [5, 5.41) is 0. The molecular weight excluding hydrogens is 300 g/mol. The van der Waals surface area contributed by atoms with Crippen molar-refractivity contribution in [2.24, 2.45) is 0 Å². The number of nitrogens with two attached hydrogens (primary N) is 1. The number of carbonyl (C=O) groups is 2. The standard InChI is InChI=1S/C12H15BrN2O3/c1-3-15(2)10(16)7-18-12(17)8-5-4-6-9(14)11(8)13/h4-6H,3,7,14H2,1-2H3. The smallest absolute Gasteiger partial charge is 0.339 e. The Balaban J connectivity index is 2.67. The number of nitrogen functional groups attached to an aromatic ring is 1. The molecule has 5 nitrogen and oxygen atoms in total. The van der Waals surface area contributed by atoms with Crippen LogP contribution in [0.3, 0.4) is 0 Å². The van der Waals surface area contributed by atoms with E-state index in [2.05, 4.69) is 15.9 Å². The number of hydrogen-bond donors (Lipinski definition) is 1. The fraction of sp³-hybridized carbons (Fsp3) is 0.333. The molecule has 0 fully saturated rings. The Morgan fingerprint density at radius 2 is 2.11 bits per heavy atom. The lowest BCUT2D eigenvalue weighted by Crippen LogP contribution is -2.31. The molecule has 1 rings (SSSR count). The molecule has 0 atom stereocenters. The molecule has 0 saturated heterocycles. The van der Waals surface area contributed by atoms with Crippen molar-refractivity contribution in [1.82, 2.24) is 4.90 Å². The second-order valence-corrected chi connectivity index (χ2v) is 4.49. The minimum Gasteiger partial charge on any atom is -0.452 e. The first kappa shape index (κ1) is 14.5. The molecule has 0 bridgehead atoms. The largest absolute Gasteiger partial charge is 0.452 e. The Kier molecular flexibility index (Phi) is 5.15. The van der Waals surface area contributed by atoms with E-state index in [0.717, 1.165) is 0 Å². The molecule has 0 spiro atoms. The zero-order chi connectivity index (χ0) is 13.7. The second kappa shape index (κ2) is 6.39. The SMILES string of the molecule is CCN(C)C(=O)COC(=O)c1cccc(N)c1Br. The third kappa shape index (κ3) is 3.46. The lowest BCUT2D eigenvalue weighted by Gasteiger charge is -2.14. The van der Waals surface area contributed by atoms with E-state index in [-0.39, 0.29) is 12.5 Å². The maximum atomic E-state index is 11.8. The molecule has 2 N–H and O–H groups in total. The number of esters is 1. The summed E-state index contributed by atoms with van der Waals surface area (Å²) in [5.74, 6) is -0.821. The Hall–Kier alpha value is -1.56. The van der Waals surface area contributed by atoms with E-state index in [1.54, 1.807) is 25.2 Å². The minimum absolute atomic E-state index is 0.245. The first-order chi connectivity index (χ1) is 8.47. The van der Waals surface area contributed by atoms with Gasteiger partial charge in [-0.05, 0) is 35.0 Å². The molecule has 0 aliphatic carbocycles. The topological polar surface area (TPSA) is 72.6 Å². The summed E-state index contributed by atoms with van der Waals surface area (Å²) < 4.78 is 5.41. The number of amides is 1. The highest BCUT2D eigenvalue weighted by molar-refractivity contribution is 9.10. The van der Waals surface area contributed by atoms with Gasteiger partial charge in [0, 0.05) is 19.3 Å². The molecule has 6 heteroatoms. The zero-order valence-electron chi connectivity index (χ0n) is 10.3. The summed E-state index contributed by atoms with van der Waals surface area (Å²) in [6.45, 7) is 2.14. The van der Waals surface area contributed by atoms with E-state index in [1.165, 1.54) is 4.90 Å². The highest BCUT2D eigenvalue weighted by atomic mass is 79.9. The summed E-state index contributed by atoms with van der Waals surface area (Å²) in [5.41, 5.74) is 6.41. The molecule has 0 aliphatic rings. The van der Waals surface area contributed by atoms with Crippen LogP contribution in [-0.2, 0) is 9.53 Å². The molecule has 0 aliphatic heterocycles. The summed E-state index contributed by atoms with van der Waals surface area (Å²) in [4.78, 5) is 24.7. The van der Waals surface area contributed by atoms with Crippen molar-refractivity contribution in [3.8, 4) is 0 Å². The van der Waals surface area contributed by atoms with Crippen molar-refractivity contribution in [3.63, 3.8) is 0 Å². The lowest BCUT2D eigenvalue weighted by molar-refractivity contribution is -0.133. The molecular formula is C12H15BrN2O3. The number of nitrogens with zero attached hydrogens (tertiary/aromatic N) is 1. The van der Waals surface area contributed by atoms with Crippen molar-refractivity contribution in [3.05, 3.63) is 28.2 Å². The Morgan fingerprint density at radius 3 is 2.72 bits per heavy atom. The maximum Gasteiger partial charge on any atom is 0.339 e. The second-order valence-electron chi connectivity index (χ2n) is 3.69. The molecule has 0 saturated carbocycles. The number of carbonyl (C=O) groups excluding carboxylic acids is 2. The average molecular weight is 315 g/mol. The maximum absolute atomic E-state index is 11.8. The number of ether oxygens (including phenoxy) is 1. The quantitative estimate of drug-likeness (QED) is 0.677. The molecule has 1 aromatic carbocycles. The van der Waals surface area contributed by atoms with Crippen LogP contribution in [-0.4, -0.2) is 37.0 Å². The first-order valence-electron chi connectivity index (χ1n) is 5.42. The van der Waals surface area contributed by atoms with Gasteiger partial charge in [-0.1, -0.05) is 6.07 Å². The summed E-state index contributed by atoms with van der Waals surface area (Å²) >= 11 is 3.21. The van der Waals surface area contributed by atoms with E-state index >= 15 is 0 Å². The normalized spacial score (nSPS) is 9.94. The Morgan fingerprint density at radius 1 is 1.44 bits per heavy atom. The molecule has 0 unspecified atom stereocenters. The number of rotatable bonds is 4. The van der Waals surface area contributed by atoms with E-state index in [1.807, 2.05) is 6.92 Å². The van der Waals surface area contributed by atoms with Crippen LogP contribution in [0.1, 0.15) is 17.3 Å². The van der Waals surface area contributed by atoms with E-state index in [4.69, 9.17) is 10.5 Å². The van der Waals surface area contributed by atoms with Crippen LogP contribution in [0.4, 0.5) is 5.69 Å². The van der Waals surface area contributed by atoms with Gasteiger partial charge in [0.25, 0.3) is 5.91 Å². The highest BCUT2D eigenvalue weighted by Crippen LogP contribution is 2.24. The van der Waals surface area contributed by atoms with E-state index in [9.17, 15) is 9.59 Å². The Labute approximate surface area is 114 Å². The summed E-state index contributed by atoms with van der Waals surface area (Å²) in [6.07, 6.45) is 0. The number of hydrogen-bond acceptors (Lipinski definition) is 4. The van der Waals surface area contributed by atoms with Gasteiger partial charge in [0.15, 0.2) is 6.61 Å². The number of anilines is 1. The van der Waals surface area contributed by atoms with Gasteiger partial charge in [-0.15, -0.1) is 0 Å². The van der Waals surface area contributed by atoms with Gasteiger partial charge in [0.2, 0.25) is 0 Å². The number of halogens is 1. The van der Waals surface area contributed by atoms with Crippen LogP contribution in [0.5, 0.6) is 0 Å². The lowest BCUT2D eigenvalue weighted by atomic mass is 10.2. The van der Waals surface area contributed by atoms with Crippen molar-refractivity contribution in [1.29, 1.82) is 0 Å². The Bertz CT molecular complexity index is 463. The highest BCUT2D eigenvalue weighted by Gasteiger charge is 2.15. The third-order valence-electron chi connectivity index (χ3n) is 2.48. The van der Waals surface area contributed by atoms with Crippen LogP contribution < -0.4 is 5.73 Å². The fourth-order valence-corrected chi connectivity index (χ4v) is 1.63. The zero-order valence-corrected chi connectivity index (χ0v) is 11.9. The van der Waals surface area contributed by atoms with E-state index < -0.39 is 5.97 Å². The van der Waals surface area contributed by atoms with Crippen molar-refractivity contribution in [2.45, 2.75) is 6.92 Å². The van der Waals surface area contributed by atoms with Gasteiger partial charge in [0.05, 0.1) is 10.0 Å². The van der Waals surface area contributed by atoms with Crippen molar-refractivity contribution >= 4 is 33.5 Å². The van der Waals surface area contributed by atoms with Crippen molar-refractivity contribution in [2.75, 3.05) is 25.9 Å². The van der Waals surface area contributed by atoms with Crippen LogP contribution in [0.15, 0.2) is 22.7 Å². The molecule has 1 amide bonds. The van der Waals surface area contributed by atoms with Gasteiger partial charge in [-0.3, -0.25) is 4.79 Å². The molecule has 0 aromatic heterocycles. The predicted molar refractivity (Wildman–Crippen MR) is 72.1 cm³/mol. The monoisotopic (exact) mass is 314 g/mol. The van der Waals surface area contributed by atoms with Crippen LogP contribution in [0, 0.1) is 0 Å². The van der Waals surface area contributed by atoms with Gasteiger partial charge in [0.1, 0.15) is 0 Å². The van der Waals surface area contributed by atoms with Gasteiger partial charge >= 0.3 is 5.97 Å². The first-order valence-corrected chi connectivity index (χ1v) is 6.21. The third-order valence-corrected chi connectivity index (χ3v) is 3.36. The van der Waals surface area contributed by atoms with Crippen LogP contribution in [0.2, 0.25) is 0 Å². The summed E-state index contributed by atoms with van der Waals surface area (Å²) in [7, 11) is 1.65. The van der Waals surface area contributed by atoms with E-state index in [0.29, 0.717) is 22.3 Å². The molecule has 1 aromatic rings. The van der Waals surface area contributed by atoms with Crippen molar-refractivity contribution < 1.29 is 14.3 Å². The van der Waals surface area contributed by atoms with Gasteiger partial charge in [-0.2, -0.15) is 0 Å². The van der Waals surface area contributed by atoms with Crippen LogP contribution in [0.25, 0.3) is 0 Å². The predicted octanol–water partition coefficient (Wildman–Crippen LogP) is 1.67. The van der Waals surface area contributed by atoms with Crippen LogP contribution >= 0.6 is 15.9 Å². The molecule has 98 valence electrons. The fourth-order valence-electron chi connectivity index (χ4n) is 1.20. The minimum atomic E-state index is -0.577. The van der Waals surface area contributed by atoms with Gasteiger partial charge in [-0.25, -0.2) is 4.79 Å². The molecule has 0 radical (unpaired) electrons. The number of benzene rings is 1. The average Bonchev–Trinajstić information content (AvgIpc) is 2.37.